The molecule has 0 aliphatic carbocycles. The summed E-state index contributed by atoms with van der Waals surface area (Å²) in [6, 6.07) is 5.90. The van der Waals surface area contributed by atoms with E-state index >= 15 is 0 Å². The number of likely N-dealkylation sites (tertiary alicyclic amines) is 1. The molecule has 0 radical (unpaired) electrons. The molecule has 1 aliphatic heterocycles. The Morgan fingerprint density at radius 2 is 2.12 bits per heavy atom. The molecular formula is C20H29N3O2. The van der Waals surface area contributed by atoms with Gasteiger partial charge in [0.05, 0.1) is 5.41 Å². The molecule has 5 nitrogen and oxygen atoms in total. The molecule has 1 aliphatic rings. The van der Waals surface area contributed by atoms with E-state index < -0.39 is 5.41 Å². The van der Waals surface area contributed by atoms with E-state index in [0.717, 1.165) is 37.8 Å². The van der Waals surface area contributed by atoms with Crippen molar-refractivity contribution in [3.05, 3.63) is 42.2 Å². The maximum absolute atomic E-state index is 13.0. The van der Waals surface area contributed by atoms with Crippen molar-refractivity contribution >= 4 is 11.8 Å². The summed E-state index contributed by atoms with van der Waals surface area (Å²) in [5, 5.41) is 0. The number of nitrogens with zero attached hydrogens (tertiary/aromatic N) is 3. The molecule has 1 aromatic heterocycles. The van der Waals surface area contributed by atoms with Crippen LogP contribution in [0.5, 0.6) is 0 Å². The zero-order valence-electron chi connectivity index (χ0n) is 15.6. The Morgan fingerprint density at radius 1 is 1.36 bits per heavy atom. The SMILES string of the molecule is C=C(C)C(=O)N1CCCC(CCCc2ccccn2)(C(=O)N(C)C)C1. The molecule has 5 heteroatoms. The molecule has 2 rings (SSSR count). The summed E-state index contributed by atoms with van der Waals surface area (Å²) in [7, 11) is 3.59. The number of hydrogen-bond donors (Lipinski definition) is 0. The zero-order valence-corrected chi connectivity index (χ0v) is 15.6. The number of amides is 2. The van der Waals surface area contributed by atoms with Crippen LogP contribution in [-0.4, -0.2) is 53.8 Å². The summed E-state index contributed by atoms with van der Waals surface area (Å²) in [5.41, 5.74) is 1.07. The van der Waals surface area contributed by atoms with Gasteiger partial charge < -0.3 is 9.80 Å². The minimum Gasteiger partial charge on any atom is -0.348 e. The first-order chi connectivity index (χ1) is 11.9. The zero-order chi connectivity index (χ0) is 18.4. The number of piperidine rings is 1. The molecule has 1 fully saturated rings. The molecule has 1 atom stereocenters. The summed E-state index contributed by atoms with van der Waals surface area (Å²) in [5.74, 6) is 0.0769. The monoisotopic (exact) mass is 343 g/mol. The molecule has 0 saturated carbocycles. The topological polar surface area (TPSA) is 53.5 Å². The van der Waals surface area contributed by atoms with Crippen LogP contribution in [-0.2, 0) is 16.0 Å². The average molecular weight is 343 g/mol. The van der Waals surface area contributed by atoms with Crippen LogP contribution in [0.3, 0.4) is 0 Å². The number of carbonyl (C=O) groups excluding carboxylic acids is 2. The highest BCUT2D eigenvalue weighted by Crippen LogP contribution is 2.37. The molecule has 2 amide bonds. The Labute approximate surface area is 150 Å². The van der Waals surface area contributed by atoms with Gasteiger partial charge in [-0.25, -0.2) is 0 Å². The third-order valence-electron chi connectivity index (χ3n) is 4.90. The number of hydrogen-bond acceptors (Lipinski definition) is 3. The Hall–Kier alpha value is -2.17. The fourth-order valence-corrected chi connectivity index (χ4v) is 3.69. The van der Waals surface area contributed by atoms with Gasteiger partial charge in [-0.3, -0.25) is 14.6 Å². The molecule has 0 aromatic carbocycles. The van der Waals surface area contributed by atoms with Crippen molar-refractivity contribution in [1.29, 1.82) is 0 Å². The smallest absolute Gasteiger partial charge is 0.248 e. The summed E-state index contributed by atoms with van der Waals surface area (Å²) < 4.78 is 0. The molecule has 25 heavy (non-hydrogen) atoms. The quantitative estimate of drug-likeness (QED) is 0.746. The fourth-order valence-electron chi connectivity index (χ4n) is 3.69. The maximum atomic E-state index is 13.0. The predicted octanol–water partition coefficient (Wildman–Crippen LogP) is 2.68. The van der Waals surface area contributed by atoms with E-state index in [1.54, 1.807) is 37.0 Å². The largest absolute Gasteiger partial charge is 0.348 e. The highest BCUT2D eigenvalue weighted by atomic mass is 16.2. The Kier molecular flexibility index (Phi) is 6.34. The number of aromatic nitrogens is 1. The highest BCUT2D eigenvalue weighted by molar-refractivity contribution is 5.93. The van der Waals surface area contributed by atoms with Gasteiger partial charge in [-0.15, -0.1) is 0 Å². The van der Waals surface area contributed by atoms with Crippen LogP contribution in [0.4, 0.5) is 0 Å². The van der Waals surface area contributed by atoms with Gasteiger partial charge in [0, 0.05) is 44.6 Å². The van der Waals surface area contributed by atoms with E-state index in [1.165, 1.54) is 0 Å². The van der Waals surface area contributed by atoms with Crippen molar-refractivity contribution in [1.82, 2.24) is 14.8 Å². The number of pyridine rings is 1. The molecule has 2 heterocycles. The summed E-state index contributed by atoms with van der Waals surface area (Å²) >= 11 is 0. The second kappa shape index (κ2) is 8.28. The molecule has 1 aromatic rings. The van der Waals surface area contributed by atoms with E-state index in [9.17, 15) is 9.59 Å². The van der Waals surface area contributed by atoms with Crippen LogP contribution in [0.1, 0.15) is 38.3 Å². The van der Waals surface area contributed by atoms with Crippen LogP contribution in [0.15, 0.2) is 36.5 Å². The van der Waals surface area contributed by atoms with Crippen molar-refractivity contribution in [3.8, 4) is 0 Å². The van der Waals surface area contributed by atoms with Gasteiger partial charge in [-0.1, -0.05) is 12.6 Å². The molecule has 0 spiro atoms. The van der Waals surface area contributed by atoms with Crippen molar-refractivity contribution in [3.63, 3.8) is 0 Å². The minimum absolute atomic E-state index is 0.0413. The van der Waals surface area contributed by atoms with Crippen molar-refractivity contribution in [2.24, 2.45) is 5.41 Å². The average Bonchev–Trinajstić information content (AvgIpc) is 2.61. The first kappa shape index (κ1) is 19.2. The summed E-state index contributed by atoms with van der Waals surface area (Å²) in [6.07, 6.45) is 5.96. The second-order valence-electron chi connectivity index (χ2n) is 7.27. The van der Waals surface area contributed by atoms with Crippen LogP contribution in [0.25, 0.3) is 0 Å². The van der Waals surface area contributed by atoms with Crippen molar-refractivity contribution in [2.45, 2.75) is 39.0 Å². The minimum atomic E-state index is -0.498. The van der Waals surface area contributed by atoms with Gasteiger partial charge in [0.2, 0.25) is 11.8 Å². The summed E-state index contributed by atoms with van der Waals surface area (Å²) in [4.78, 5) is 33.1. The molecular weight excluding hydrogens is 314 g/mol. The van der Waals surface area contributed by atoms with Gasteiger partial charge in [-0.2, -0.15) is 0 Å². The summed E-state index contributed by atoms with van der Waals surface area (Å²) in [6.45, 7) is 6.68. The predicted molar refractivity (Wildman–Crippen MR) is 98.9 cm³/mol. The van der Waals surface area contributed by atoms with E-state index in [2.05, 4.69) is 11.6 Å². The first-order valence-corrected chi connectivity index (χ1v) is 8.92. The van der Waals surface area contributed by atoms with E-state index in [4.69, 9.17) is 0 Å². The van der Waals surface area contributed by atoms with Gasteiger partial charge in [0.15, 0.2) is 0 Å². The van der Waals surface area contributed by atoms with Crippen molar-refractivity contribution in [2.75, 3.05) is 27.2 Å². The standard InChI is InChI=1S/C20H29N3O2/c1-16(2)18(24)23-14-8-12-20(15-23,19(25)22(3)4)11-7-10-17-9-5-6-13-21-17/h5-6,9,13H,1,7-8,10-12,14-15H2,2-4H3. The molecule has 0 N–H and O–H groups in total. The first-order valence-electron chi connectivity index (χ1n) is 8.92. The van der Waals surface area contributed by atoms with E-state index in [1.807, 2.05) is 18.2 Å². The lowest BCUT2D eigenvalue weighted by atomic mass is 9.74. The van der Waals surface area contributed by atoms with Crippen LogP contribution in [0.2, 0.25) is 0 Å². The lowest BCUT2D eigenvalue weighted by Gasteiger charge is -2.43. The normalized spacial score (nSPS) is 20.2. The number of rotatable bonds is 6. The Morgan fingerprint density at radius 3 is 2.72 bits per heavy atom. The Bertz CT molecular complexity index is 627. The lowest BCUT2D eigenvalue weighted by molar-refractivity contribution is -0.146. The van der Waals surface area contributed by atoms with Crippen LogP contribution < -0.4 is 0 Å². The van der Waals surface area contributed by atoms with Gasteiger partial charge in [0.25, 0.3) is 0 Å². The molecule has 1 saturated heterocycles. The highest BCUT2D eigenvalue weighted by Gasteiger charge is 2.43. The fraction of sp³-hybridized carbons (Fsp3) is 0.550. The maximum Gasteiger partial charge on any atom is 0.248 e. The Balaban J connectivity index is 2.12. The van der Waals surface area contributed by atoms with Gasteiger partial charge in [-0.05, 0) is 51.2 Å². The third-order valence-corrected chi connectivity index (χ3v) is 4.90. The van der Waals surface area contributed by atoms with E-state index in [0.29, 0.717) is 18.7 Å². The van der Waals surface area contributed by atoms with Gasteiger partial charge >= 0.3 is 0 Å². The second-order valence-corrected chi connectivity index (χ2v) is 7.27. The number of carbonyl (C=O) groups is 2. The molecule has 0 bridgehead atoms. The molecule has 136 valence electrons. The number of aryl methyl sites for hydroxylation is 1. The van der Waals surface area contributed by atoms with Crippen molar-refractivity contribution < 1.29 is 9.59 Å². The van der Waals surface area contributed by atoms with Crippen LogP contribution >= 0.6 is 0 Å². The third kappa shape index (κ3) is 4.68. The van der Waals surface area contributed by atoms with Gasteiger partial charge in [0.1, 0.15) is 0 Å². The molecule has 1 unspecified atom stereocenters. The van der Waals surface area contributed by atoms with Crippen LogP contribution in [0, 0.1) is 5.41 Å². The van der Waals surface area contributed by atoms with E-state index in [-0.39, 0.29) is 11.8 Å². The lowest BCUT2D eigenvalue weighted by Crippen LogP contribution is -2.53.